The maximum absolute atomic E-state index is 12.7. The molecule has 2 aromatic heterocycles. The Kier molecular flexibility index (Phi) is 3.29. The van der Waals surface area contributed by atoms with Crippen molar-refractivity contribution in [1.29, 1.82) is 0 Å². The van der Waals surface area contributed by atoms with Crippen molar-refractivity contribution in [3.05, 3.63) is 41.0 Å². The molecule has 1 aromatic carbocycles. The van der Waals surface area contributed by atoms with Gasteiger partial charge in [-0.3, -0.25) is 0 Å². The highest BCUT2D eigenvalue weighted by Crippen LogP contribution is 2.33. The molecule has 1 saturated heterocycles. The number of rotatable bonds is 3. The molecule has 1 N–H and O–H groups in total. The van der Waals surface area contributed by atoms with Crippen LogP contribution in [0.4, 0.5) is 0 Å². The minimum Gasteiger partial charge on any atom is -0.360 e. The molecule has 0 atom stereocenters. The van der Waals surface area contributed by atoms with Gasteiger partial charge in [-0.15, -0.1) is 0 Å². The molecule has 0 saturated carbocycles. The Morgan fingerprint density at radius 2 is 2.00 bits per heavy atom. The maximum atomic E-state index is 12.7. The van der Waals surface area contributed by atoms with E-state index in [0.29, 0.717) is 24.5 Å². The van der Waals surface area contributed by atoms with E-state index in [2.05, 4.69) is 15.1 Å². The molecule has 0 amide bonds. The Morgan fingerprint density at radius 3 is 2.67 bits per heavy atom. The number of hydrogen-bond donors (Lipinski definition) is 1. The van der Waals surface area contributed by atoms with Crippen LogP contribution in [-0.2, 0) is 10.0 Å². The molecule has 0 bridgehead atoms. The fourth-order valence-electron chi connectivity index (χ4n) is 3.12. The second kappa shape index (κ2) is 5.15. The second-order valence-corrected chi connectivity index (χ2v) is 8.19. The minimum atomic E-state index is -3.56. The first-order chi connectivity index (χ1) is 11.4. The van der Waals surface area contributed by atoms with Crippen molar-refractivity contribution in [2.75, 3.05) is 13.1 Å². The van der Waals surface area contributed by atoms with E-state index < -0.39 is 10.0 Å². The Hall–Kier alpha value is -2.19. The molecule has 8 heteroatoms. The van der Waals surface area contributed by atoms with Crippen LogP contribution in [0.1, 0.15) is 28.8 Å². The van der Waals surface area contributed by atoms with Gasteiger partial charge in [-0.05, 0) is 38.5 Å². The van der Waals surface area contributed by atoms with Gasteiger partial charge in [0.2, 0.25) is 10.0 Å². The van der Waals surface area contributed by atoms with E-state index in [-0.39, 0.29) is 10.8 Å². The number of imidazole rings is 1. The molecule has 1 aliphatic rings. The zero-order valence-electron chi connectivity index (χ0n) is 13.7. The predicted octanol–water partition coefficient (Wildman–Crippen LogP) is 2.26. The van der Waals surface area contributed by atoms with Gasteiger partial charge in [0, 0.05) is 19.0 Å². The lowest BCUT2D eigenvalue weighted by Gasteiger charge is -2.36. The first-order valence-corrected chi connectivity index (χ1v) is 9.19. The molecule has 24 heavy (non-hydrogen) atoms. The van der Waals surface area contributed by atoms with Gasteiger partial charge in [-0.2, -0.15) is 4.31 Å². The maximum Gasteiger partial charge on any atom is 0.248 e. The number of nitrogens with one attached hydrogen (secondary N) is 1. The van der Waals surface area contributed by atoms with E-state index in [1.165, 1.54) is 4.31 Å². The summed E-state index contributed by atoms with van der Waals surface area (Å²) in [5.41, 5.74) is 3.45. The third-order valence-corrected chi connectivity index (χ3v) is 6.53. The number of benzene rings is 1. The van der Waals surface area contributed by atoms with Crippen LogP contribution in [0, 0.1) is 20.8 Å². The van der Waals surface area contributed by atoms with Crippen LogP contribution >= 0.6 is 0 Å². The first-order valence-electron chi connectivity index (χ1n) is 7.75. The predicted molar refractivity (Wildman–Crippen MR) is 88.3 cm³/mol. The normalized spacial score (nSPS) is 16.6. The second-order valence-electron chi connectivity index (χ2n) is 6.31. The summed E-state index contributed by atoms with van der Waals surface area (Å²) in [6.45, 7) is 6.10. The summed E-state index contributed by atoms with van der Waals surface area (Å²) in [6.07, 6.45) is 0. The van der Waals surface area contributed by atoms with E-state index in [4.69, 9.17) is 4.52 Å². The molecular weight excluding hydrogens is 328 g/mol. The molecule has 1 fully saturated rings. The highest BCUT2D eigenvalue weighted by molar-refractivity contribution is 7.89. The van der Waals surface area contributed by atoms with Crippen LogP contribution < -0.4 is 0 Å². The van der Waals surface area contributed by atoms with E-state index in [1.807, 2.05) is 25.1 Å². The summed E-state index contributed by atoms with van der Waals surface area (Å²) in [7, 11) is -3.56. The molecule has 3 aromatic rings. The van der Waals surface area contributed by atoms with Gasteiger partial charge in [0.25, 0.3) is 0 Å². The number of hydrogen-bond acceptors (Lipinski definition) is 5. The molecule has 0 radical (unpaired) electrons. The van der Waals surface area contributed by atoms with Gasteiger partial charge in [0.15, 0.2) is 5.76 Å². The summed E-state index contributed by atoms with van der Waals surface area (Å²) >= 11 is 0. The zero-order valence-corrected chi connectivity index (χ0v) is 14.5. The van der Waals surface area contributed by atoms with Crippen LogP contribution in [0.5, 0.6) is 0 Å². The average Bonchev–Trinajstić information content (AvgIpc) is 2.99. The standard InChI is InChI=1S/C16H18N4O3S/c1-9-4-5-13-14(6-9)18-16(17-13)12-7-20(8-12)24(21,22)15-10(2)19-23-11(15)3/h4-6,12H,7-8H2,1-3H3,(H,17,18). The van der Waals surface area contributed by atoms with E-state index in [1.54, 1.807) is 13.8 Å². The molecule has 0 aliphatic carbocycles. The van der Waals surface area contributed by atoms with Crippen molar-refractivity contribution in [2.24, 2.45) is 0 Å². The molecule has 0 spiro atoms. The van der Waals surface area contributed by atoms with Gasteiger partial charge < -0.3 is 9.51 Å². The number of aromatic amines is 1. The van der Waals surface area contributed by atoms with Crippen molar-refractivity contribution in [2.45, 2.75) is 31.6 Å². The highest BCUT2D eigenvalue weighted by atomic mass is 32.2. The third kappa shape index (κ3) is 2.25. The summed E-state index contributed by atoms with van der Waals surface area (Å²) in [6, 6.07) is 6.03. The molecule has 126 valence electrons. The SMILES string of the molecule is Cc1ccc2nc(C3CN(S(=O)(=O)c4c(C)noc4C)C3)[nH]c2c1. The summed E-state index contributed by atoms with van der Waals surface area (Å²) < 4.78 is 31.8. The van der Waals surface area contributed by atoms with Crippen LogP contribution in [-0.4, -0.2) is 40.9 Å². The number of aromatic nitrogens is 3. The lowest BCUT2D eigenvalue weighted by atomic mass is 10.0. The van der Waals surface area contributed by atoms with E-state index in [9.17, 15) is 8.42 Å². The van der Waals surface area contributed by atoms with Crippen LogP contribution in [0.3, 0.4) is 0 Å². The van der Waals surface area contributed by atoms with Gasteiger partial charge >= 0.3 is 0 Å². The van der Waals surface area contributed by atoms with E-state index in [0.717, 1.165) is 22.4 Å². The first kappa shape index (κ1) is 15.3. The third-order valence-electron chi connectivity index (χ3n) is 4.46. The quantitative estimate of drug-likeness (QED) is 0.785. The molecule has 3 heterocycles. The van der Waals surface area contributed by atoms with Crippen molar-refractivity contribution in [3.8, 4) is 0 Å². The highest BCUT2D eigenvalue weighted by Gasteiger charge is 2.41. The Bertz CT molecular complexity index is 1010. The Morgan fingerprint density at radius 1 is 1.25 bits per heavy atom. The lowest BCUT2D eigenvalue weighted by molar-refractivity contribution is 0.256. The van der Waals surface area contributed by atoms with Gasteiger partial charge in [0.1, 0.15) is 16.4 Å². The average molecular weight is 346 g/mol. The van der Waals surface area contributed by atoms with Crippen molar-refractivity contribution in [3.63, 3.8) is 0 Å². The summed E-state index contributed by atoms with van der Waals surface area (Å²) in [5, 5.41) is 3.74. The number of aryl methyl sites for hydroxylation is 3. The zero-order chi connectivity index (χ0) is 17.1. The number of fused-ring (bicyclic) bond motifs is 1. The smallest absolute Gasteiger partial charge is 0.248 e. The molecule has 1 aliphatic heterocycles. The van der Waals surface area contributed by atoms with Crippen LogP contribution in [0.2, 0.25) is 0 Å². The monoisotopic (exact) mass is 346 g/mol. The number of sulfonamides is 1. The van der Waals surface area contributed by atoms with Gasteiger partial charge in [0.05, 0.1) is 11.0 Å². The Labute approximate surface area is 139 Å². The van der Waals surface area contributed by atoms with Crippen molar-refractivity contribution < 1.29 is 12.9 Å². The number of H-pyrrole nitrogens is 1. The summed E-state index contributed by atoms with van der Waals surface area (Å²) in [4.78, 5) is 8.07. The van der Waals surface area contributed by atoms with Crippen LogP contribution in [0.25, 0.3) is 11.0 Å². The van der Waals surface area contributed by atoms with Gasteiger partial charge in [-0.1, -0.05) is 11.2 Å². The van der Waals surface area contributed by atoms with Crippen LogP contribution in [0.15, 0.2) is 27.6 Å². The van der Waals surface area contributed by atoms with Crippen molar-refractivity contribution >= 4 is 21.1 Å². The summed E-state index contributed by atoms with van der Waals surface area (Å²) in [5.74, 6) is 1.24. The van der Waals surface area contributed by atoms with Crippen molar-refractivity contribution in [1.82, 2.24) is 19.4 Å². The Balaban J connectivity index is 1.57. The largest absolute Gasteiger partial charge is 0.360 e. The fourth-order valence-corrected chi connectivity index (χ4v) is 4.94. The topological polar surface area (TPSA) is 92.1 Å². The lowest BCUT2D eigenvalue weighted by Crippen LogP contribution is -2.48. The number of nitrogens with zero attached hydrogens (tertiary/aromatic N) is 3. The van der Waals surface area contributed by atoms with E-state index >= 15 is 0 Å². The molecule has 7 nitrogen and oxygen atoms in total. The minimum absolute atomic E-state index is 0.0768. The van der Waals surface area contributed by atoms with Gasteiger partial charge in [-0.25, -0.2) is 13.4 Å². The molecule has 0 unspecified atom stereocenters. The molecule has 4 rings (SSSR count). The fraction of sp³-hybridized carbons (Fsp3) is 0.375. The molecular formula is C16H18N4O3S.